The number of hydrogen-bond donors (Lipinski definition) is 5. The monoisotopic (exact) mass is 502 g/mol. The Hall–Kier alpha value is -1.97. The van der Waals surface area contributed by atoms with Crippen molar-refractivity contribution in [2.45, 2.75) is 43.2 Å². The molecule has 3 unspecified atom stereocenters. The smallest absolute Gasteiger partial charge is 0.186 e. The Labute approximate surface area is 199 Å². The third-order valence-electron chi connectivity index (χ3n) is 5.33. The van der Waals surface area contributed by atoms with Crippen LogP contribution < -0.4 is 9.84 Å². The number of carboxylic acids is 1. The van der Waals surface area contributed by atoms with Gasteiger partial charge in [-0.1, -0.05) is 0 Å². The predicted octanol–water partition coefficient (Wildman–Crippen LogP) is -2.39. The van der Waals surface area contributed by atoms with Crippen molar-refractivity contribution in [1.29, 1.82) is 0 Å². The second kappa shape index (κ2) is 11.6. The van der Waals surface area contributed by atoms with Crippen LogP contribution in [-0.2, 0) is 19.0 Å². The second-order valence-corrected chi connectivity index (χ2v) is 8.94. The van der Waals surface area contributed by atoms with Gasteiger partial charge in [-0.25, -0.2) is 0 Å². The van der Waals surface area contributed by atoms with Gasteiger partial charge in [-0.15, -0.1) is 11.8 Å². The molecule has 1 aromatic rings. The number of carbonyl (C=O) groups excluding carboxylic acids is 1. The van der Waals surface area contributed by atoms with Gasteiger partial charge in [0, 0.05) is 17.4 Å². The molecule has 1 aromatic carbocycles. The van der Waals surface area contributed by atoms with E-state index in [-0.39, 0.29) is 37.9 Å². The lowest BCUT2D eigenvalue weighted by atomic mass is 9.99. The van der Waals surface area contributed by atoms with E-state index >= 15 is 0 Å². The van der Waals surface area contributed by atoms with Crippen molar-refractivity contribution in [3.05, 3.63) is 23.8 Å². The van der Waals surface area contributed by atoms with Crippen LogP contribution in [0.15, 0.2) is 23.2 Å². The summed E-state index contributed by atoms with van der Waals surface area (Å²) in [5, 5.41) is 60.4. The zero-order valence-corrected chi connectivity index (χ0v) is 19.2. The third-order valence-corrected chi connectivity index (χ3v) is 6.62. The number of aliphatic carboxylic acids is 1. The Kier molecular flexibility index (Phi) is 9.12. The molecule has 2 aliphatic rings. The van der Waals surface area contributed by atoms with Crippen LogP contribution in [0.25, 0.3) is 0 Å². The molecule has 34 heavy (non-hydrogen) atoms. The summed E-state index contributed by atoms with van der Waals surface area (Å²) in [6, 6.07) is 4.61. The van der Waals surface area contributed by atoms with E-state index in [0.29, 0.717) is 16.4 Å². The lowest BCUT2D eigenvalue weighted by Gasteiger charge is -2.39. The highest BCUT2D eigenvalue weighted by Gasteiger charge is 2.43. The zero-order valence-electron chi connectivity index (χ0n) is 18.4. The summed E-state index contributed by atoms with van der Waals surface area (Å²) >= 11 is 1.22. The number of phenolic OH excluding ortho intramolecular Hbond substituents is 1. The molecule has 0 radical (unpaired) electrons. The number of carbonyl (C=O) groups is 1. The molecular formula is C21H28NO11S-. The quantitative estimate of drug-likeness (QED) is 0.202. The van der Waals surface area contributed by atoms with Gasteiger partial charge in [-0.2, -0.15) is 0 Å². The topological polar surface area (TPSA) is 191 Å². The maximum absolute atomic E-state index is 11.2. The minimum Gasteiger partial charge on any atom is -0.547 e. The third kappa shape index (κ3) is 6.17. The highest BCUT2D eigenvalue weighted by Crippen LogP contribution is 2.35. The zero-order chi connectivity index (χ0) is 24.9. The molecule has 1 saturated heterocycles. The van der Waals surface area contributed by atoms with Gasteiger partial charge in [0.15, 0.2) is 6.29 Å². The number of phenols is 1. The van der Waals surface area contributed by atoms with E-state index in [1.807, 2.05) is 0 Å². The molecule has 2 heterocycles. The van der Waals surface area contributed by atoms with Crippen molar-refractivity contribution >= 4 is 22.8 Å². The molecule has 0 saturated carbocycles. The average molecular weight is 503 g/mol. The number of ether oxygens (including phenoxy) is 4. The number of carboxylic acid groups (broad SMARTS) is 1. The molecule has 0 bridgehead atoms. The first kappa shape index (κ1) is 26.6. The van der Waals surface area contributed by atoms with E-state index in [9.17, 15) is 30.3 Å². The molecule has 5 N–H and O–H groups in total. The number of aliphatic imine (C=N–C) groups is 1. The van der Waals surface area contributed by atoms with Crippen LogP contribution in [0.4, 0.5) is 0 Å². The van der Waals surface area contributed by atoms with Gasteiger partial charge in [0.05, 0.1) is 32.4 Å². The maximum Gasteiger partial charge on any atom is 0.186 e. The van der Waals surface area contributed by atoms with Crippen LogP contribution in [-0.4, -0.2) is 112 Å². The fourth-order valence-electron chi connectivity index (χ4n) is 3.27. The van der Waals surface area contributed by atoms with E-state index in [1.54, 1.807) is 12.1 Å². The van der Waals surface area contributed by atoms with Gasteiger partial charge >= 0.3 is 0 Å². The maximum atomic E-state index is 11.2. The van der Waals surface area contributed by atoms with Crippen LogP contribution in [0.3, 0.4) is 0 Å². The van der Waals surface area contributed by atoms with Crippen LogP contribution in [0, 0.1) is 0 Å². The predicted molar refractivity (Wildman–Crippen MR) is 117 cm³/mol. The van der Waals surface area contributed by atoms with Crippen LogP contribution in [0.5, 0.6) is 11.5 Å². The van der Waals surface area contributed by atoms with Gasteiger partial charge in [0.2, 0.25) is 0 Å². The largest absolute Gasteiger partial charge is 0.547 e. The van der Waals surface area contributed by atoms with Crippen LogP contribution in [0.2, 0.25) is 0 Å². The lowest BCUT2D eigenvalue weighted by Crippen LogP contribution is -2.59. The molecule has 0 amide bonds. The lowest BCUT2D eigenvalue weighted by molar-refractivity contribution is -0.311. The number of nitrogens with zero attached hydrogens (tertiary/aromatic N) is 1. The van der Waals surface area contributed by atoms with Crippen molar-refractivity contribution in [2.75, 3.05) is 38.8 Å². The van der Waals surface area contributed by atoms with Gasteiger partial charge < -0.3 is 54.4 Å². The molecular weight excluding hydrogens is 474 g/mol. The molecule has 0 spiro atoms. The first-order valence-electron chi connectivity index (χ1n) is 10.6. The molecule has 12 nitrogen and oxygen atoms in total. The van der Waals surface area contributed by atoms with Crippen molar-refractivity contribution in [3.8, 4) is 11.5 Å². The van der Waals surface area contributed by atoms with Crippen LogP contribution in [0.1, 0.15) is 12.5 Å². The summed E-state index contributed by atoms with van der Waals surface area (Å²) in [5.74, 6) is -0.762. The Balaban J connectivity index is 1.37. The summed E-state index contributed by atoms with van der Waals surface area (Å²) in [6.07, 6.45) is -6.69. The summed E-state index contributed by atoms with van der Waals surface area (Å²) in [6.45, 7) is 1.41. The fraction of sp³-hybridized carbons (Fsp3) is 0.619. The minimum absolute atomic E-state index is 0.0166. The molecule has 190 valence electrons. The molecule has 0 aromatic heterocycles. The Morgan fingerprint density at radius 2 is 1.94 bits per heavy atom. The van der Waals surface area contributed by atoms with Gasteiger partial charge in [-0.3, -0.25) is 4.99 Å². The molecule has 2 aliphatic heterocycles. The highest BCUT2D eigenvalue weighted by molar-refractivity contribution is 8.14. The van der Waals surface area contributed by atoms with E-state index in [0.717, 1.165) is 0 Å². The first-order valence-corrected chi connectivity index (χ1v) is 11.5. The van der Waals surface area contributed by atoms with Crippen molar-refractivity contribution in [1.82, 2.24) is 0 Å². The Morgan fingerprint density at radius 1 is 1.21 bits per heavy atom. The Morgan fingerprint density at radius 3 is 2.59 bits per heavy atom. The number of thioether (sulfide) groups is 1. The SMILES string of the molecule is C[C@]1(C(=O)[O-])CSC(c2ccc(OCCOCCO[C@@H]3OC(CO)[C@H](O)C(O)C3O)cc2O)=N1. The fourth-order valence-corrected chi connectivity index (χ4v) is 4.47. The van der Waals surface area contributed by atoms with Gasteiger partial charge in [0.1, 0.15) is 53.1 Å². The molecule has 0 aliphatic carbocycles. The summed E-state index contributed by atoms with van der Waals surface area (Å²) in [4.78, 5) is 15.4. The number of hydrogen-bond acceptors (Lipinski definition) is 13. The number of benzene rings is 1. The number of aliphatic hydroxyl groups excluding tert-OH is 4. The molecule has 3 rings (SSSR count). The summed E-state index contributed by atoms with van der Waals surface area (Å²) < 4.78 is 21.4. The van der Waals surface area contributed by atoms with Crippen molar-refractivity contribution in [3.63, 3.8) is 0 Å². The number of aromatic hydroxyl groups is 1. The molecule has 1 fully saturated rings. The Bertz CT molecular complexity index is 882. The standard InChI is InChI=1S/C21H29NO11S/c1-21(20(28)29)10-34-18(22-21)12-3-2-11(8-13(12)24)31-6-4-30-5-7-32-19-17(27)16(26)15(25)14(9-23)33-19/h2-3,8,14-17,19,23-27H,4-7,9-10H2,1H3,(H,28,29)/p-1/t14?,15-,16?,17?,19+,21+/m0/s1. The highest BCUT2D eigenvalue weighted by atomic mass is 32.2. The number of rotatable bonds is 11. The molecule has 13 heteroatoms. The second-order valence-electron chi connectivity index (χ2n) is 7.97. The van der Waals surface area contributed by atoms with E-state index in [2.05, 4.69) is 4.99 Å². The molecule has 6 atom stereocenters. The van der Waals surface area contributed by atoms with Gasteiger partial charge in [-0.05, 0) is 19.1 Å². The van der Waals surface area contributed by atoms with Gasteiger partial charge in [0.25, 0.3) is 0 Å². The number of aliphatic hydroxyl groups is 4. The minimum atomic E-state index is -1.51. The van der Waals surface area contributed by atoms with Crippen molar-refractivity contribution < 1.29 is 54.4 Å². The van der Waals surface area contributed by atoms with E-state index in [4.69, 9.17) is 24.1 Å². The summed E-state index contributed by atoms with van der Waals surface area (Å²) in [7, 11) is 0. The summed E-state index contributed by atoms with van der Waals surface area (Å²) in [5.41, 5.74) is -0.922. The van der Waals surface area contributed by atoms with E-state index < -0.39 is 48.8 Å². The van der Waals surface area contributed by atoms with Crippen LogP contribution >= 0.6 is 11.8 Å². The normalized spacial score (nSPS) is 31.3. The van der Waals surface area contributed by atoms with Crippen molar-refractivity contribution in [2.24, 2.45) is 4.99 Å². The first-order chi connectivity index (χ1) is 16.2. The average Bonchev–Trinajstić information content (AvgIpc) is 3.21. The van der Waals surface area contributed by atoms with E-state index in [1.165, 1.54) is 24.8 Å².